The van der Waals surface area contributed by atoms with E-state index in [4.69, 9.17) is 16.7 Å². The lowest BCUT2D eigenvalue weighted by Crippen LogP contribution is -2.56. The molecule has 0 radical (unpaired) electrons. The number of piperazine rings is 1. The molecule has 3 nitrogen and oxygen atoms in total. The van der Waals surface area contributed by atoms with Crippen molar-refractivity contribution in [3.05, 3.63) is 29.3 Å². The average Bonchev–Trinajstić information content (AvgIpc) is 2.29. The lowest BCUT2D eigenvalue weighted by Gasteiger charge is -2.43. The first-order valence-electron chi connectivity index (χ1n) is 6.08. The van der Waals surface area contributed by atoms with Crippen LogP contribution in [0.2, 0.25) is 5.02 Å². The fraction of sp³-hybridized carbons (Fsp3) is 0.538. The van der Waals surface area contributed by atoms with Gasteiger partial charge in [-0.05, 0) is 31.5 Å². The van der Waals surface area contributed by atoms with Crippen LogP contribution in [0.3, 0.4) is 0 Å². The normalized spacial score (nSPS) is 25.0. The Balaban J connectivity index is 2.24. The maximum absolute atomic E-state index is 9.14. The quantitative estimate of drug-likeness (QED) is 0.865. The van der Waals surface area contributed by atoms with Gasteiger partial charge in [-0.1, -0.05) is 17.7 Å². The maximum atomic E-state index is 9.14. The fourth-order valence-electron chi connectivity index (χ4n) is 2.51. The Kier molecular flexibility index (Phi) is 4.26. The highest BCUT2D eigenvalue weighted by Crippen LogP contribution is 2.26. The summed E-state index contributed by atoms with van der Waals surface area (Å²) in [5.41, 5.74) is 1.14. The van der Waals surface area contributed by atoms with Crippen LogP contribution in [0.1, 0.15) is 13.3 Å². The summed E-state index contributed by atoms with van der Waals surface area (Å²) in [5.74, 6) is 0. The highest BCUT2D eigenvalue weighted by molar-refractivity contribution is 6.30. The van der Waals surface area contributed by atoms with E-state index >= 15 is 0 Å². The van der Waals surface area contributed by atoms with Crippen LogP contribution in [-0.4, -0.2) is 36.9 Å². The second-order valence-electron chi connectivity index (χ2n) is 4.56. The second-order valence-corrected chi connectivity index (χ2v) is 5.00. The van der Waals surface area contributed by atoms with Crippen molar-refractivity contribution in [1.82, 2.24) is 5.32 Å². The molecule has 0 aliphatic carbocycles. The largest absolute Gasteiger partial charge is 0.396 e. The molecule has 94 valence electrons. The third kappa shape index (κ3) is 2.92. The zero-order valence-corrected chi connectivity index (χ0v) is 10.8. The van der Waals surface area contributed by atoms with Crippen LogP contribution in [0.4, 0.5) is 5.69 Å². The van der Waals surface area contributed by atoms with Crippen molar-refractivity contribution >= 4 is 17.3 Å². The van der Waals surface area contributed by atoms with Crippen LogP contribution in [0, 0.1) is 0 Å². The predicted molar refractivity (Wildman–Crippen MR) is 71.8 cm³/mol. The highest BCUT2D eigenvalue weighted by atomic mass is 35.5. The van der Waals surface area contributed by atoms with Crippen LogP contribution in [0.25, 0.3) is 0 Å². The molecule has 1 aromatic rings. The van der Waals surface area contributed by atoms with Crippen molar-refractivity contribution in [3.8, 4) is 0 Å². The molecule has 2 N–H and O–H groups in total. The van der Waals surface area contributed by atoms with Gasteiger partial charge >= 0.3 is 0 Å². The molecule has 1 fully saturated rings. The first-order valence-corrected chi connectivity index (χ1v) is 6.45. The molecule has 1 aliphatic rings. The number of anilines is 1. The van der Waals surface area contributed by atoms with E-state index in [1.54, 1.807) is 0 Å². The molecular formula is C13H19ClN2O. The van der Waals surface area contributed by atoms with Gasteiger partial charge in [0, 0.05) is 42.5 Å². The van der Waals surface area contributed by atoms with Crippen molar-refractivity contribution in [2.75, 3.05) is 24.6 Å². The third-order valence-corrected chi connectivity index (χ3v) is 3.49. The van der Waals surface area contributed by atoms with Crippen LogP contribution in [-0.2, 0) is 0 Å². The van der Waals surface area contributed by atoms with Gasteiger partial charge in [0.25, 0.3) is 0 Å². The summed E-state index contributed by atoms with van der Waals surface area (Å²) < 4.78 is 0. The summed E-state index contributed by atoms with van der Waals surface area (Å²) in [4.78, 5) is 2.36. The average molecular weight is 255 g/mol. The Morgan fingerprint density at radius 3 is 3.00 bits per heavy atom. The van der Waals surface area contributed by atoms with E-state index in [2.05, 4.69) is 23.2 Å². The van der Waals surface area contributed by atoms with E-state index in [0.717, 1.165) is 30.2 Å². The van der Waals surface area contributed by atoms with Gasteiger partial charge in [-0.3, -0.25) is 0 Å². The number of aliphatic hydroxyl groups excluding tert-OH is 1. The minimum Gasteiger partial charge on any atom is -0.396 e. The number of halogens is 1. The molecule has 2 rings (SSSR count). The Morgan fingerprint density at radius 2 is 2.29 bits per heavy atom. The SMILES string of the molecule is CC1CNCC(CCO)N1c1cccc(Cl)c1. The molecule has 0 amide bonds. The van der Waals surface area contributed by atoms with Crippen LogP contribution in [0.15, 0.2) is 24.3 Å². The third-order valence-electron chi connectivity index (χ3n) is 3.26. The molecule has 1 heterocycles. The first kappa shape index (κ1) is 12.7. The number of hydrogen-bond donors (Lipinski definition) is 2. The van der Waals surface area contributed by atoms with Crippen molar-refractivity contribution in [3.63, 3.8) is 0 Å². The lowest BCUT2D eigenvalue weighted by atomic mass is 10.0. The Bertz CT molecular complexity index is 370. The molecule has 0 bridgehead atoms. The monoisotopic (exact) mass is 254 g/mol. The van der Waals surface area contributed by atoms with Crippen molar-refractivity contribution in [1.29, 1.82) is 0 Å². The van der Waals surface area contributed by atoms with Crippen molar-refractivity contribution < 1.29 is 5.11 Å². The van der Waals surface area contributed by atoms with E-state index in [0.29, 0.717) is 12.1 Å². The van der Waals surface area contributed by atoms with Gasteiger partial charge in [-0.2, -0.15) is 0 Å². The maximum Gasteiger partial charge on any atom is 0.0451 e. The van der Waals surface area contributed by atoms with Gasteiger partial charge in [0.15, 0.2) is 0 Å². The van der Waals surface area contributed by atoms with Gasteiger partial charge in [0.2, 0.25) is 0 Å². The Labute approximate surface area is 107 Å². The van der Waals surface area contributed by atoms with Crippen LogP contribution >= 0.6 is 11.6 Å². The highest BCUT2D eigenvalue weighted by Gasteiger charge is 2.27. The van der Waals surface area contributed by atoms with E-state index in [1.807, 2.05) is 18.2 Å². The standard InChI is InChI=1S/C13H19ClN2O/c1-10-8-15-9-13(5-6-17)16(10)12-4-2-3-11(14)7-12/h2-4,7,10,13,15,17H,5-6,8-9H2,1H3. The Morgan fingerprint density at radius 1 is 1.47 bits per heavy atom. The number of aliphatic hydroxyl groups is 1. The number of hydrogen-bond acceptors (Lipinski definition) is 3. The second kappa shape index (κ2) is 5.71. The summed E-state index contributed by atoms with van der Waals surface area (Å²) in [6, 6.07) is 8.69. The number of rotatable bonds is 3. The van der Waals surface area contributed by atoms with Gasteiger partial charge in [-0.15, -0.1) is 0 Å². The van der Waals surface area contributed by atoms with Gasteiger partial charge in [-0.25, -0.2) is 0 Å². The van der Waals surface area contributed by atoms with Crippen molar-refractivity contribution in [2.24, 2.45) is 0 Å². The lowest BCUT2D eigenvalue weighted by molar-refractivity contribution is 0.259. The smallest absolute Gasteiger partial charge is 0.0451 e. The zero-order valence-electron chi connectivity index (χ0n) is 10.1. The molecule has 17 heavy (non-hydrogen) atoms. The summed E-state index contributed by atoms with van der Waals surface area (Å²) in [6.45, 7) is 4.29. The molecule has 1 aromatic carbocycles. The van der Waals surface area contributed by atoms with E-state index in [1.165, 1.54) is 0 Å². The molecule has 1 aliphatic heterocycles. The van der Waals surface area contributed by atoms with Gasteiger partial charge < -0.3 is 15.3 Å². The number of nitrogens with one attached hydrogen (secondary N) is 1. The van der Waals surface area contributed by atoms with Crippen molar-refractivity contribution in [2.45, 2.75) is 25.4 Å². The Hall–Kier alpha value is -0.770. The van der Waals surface area contributed by atoms with E-state index < -0.39 is 0 Å². The molecule has 2 atom stereocenters. The topological polar surface area (TPSA) is 35.5 Å². The minimum atomic E-state index is 0.218. The summed E-state index contributed by atoms with van der Waals surface area (Å²) >= 11 is 6.04. The summed E-state index contributed by atoms with van der Waals surface area (Å²) in [5, 5.41) is 13.3. The molecule has 0 aromatic heterocycles. The van der Waals surface area contributed by atoms with Gasteiger partial charge in [0.1, 0.15) is 0 Å². The zero-order chi connectivity index (χ0) is 12.3. The van der Waals surface area contributed by atoms with Crippen LogP contribution in [0.5, 0.6) is 0 Å². The van der Waals surface area contributed by atoms with Gasteiger partial charge in [0.05, 0.1) is 0 Å². The summed E-state index contributed by atoms with van der Waals surface area (Å²) in [7, 11) is 0. The van der Waals surface area contributed by atoms with E-state index in [-0.39, 0.29) is 6.61 Å². The fourth-order valence-corrected chi connectivity index (χ4v) is 2.69. The molecule has 0 spiro atoms. The summed E-state index contributed by atoms with van der Waals surface area (Å²) in [6.07, 6.45) is 0.782. The minimum absolute atomic E-state index is 0.218. The molecule has 4 heteroatoms. The number of nitrogens with zero attached hydrogens (tertiary/aromatic N) is 1. The van der Waals surface area contributed by atoms with E-state index in [9.17, 15) is 0 Å². The molecule has 2 unspecified atom stereocenters. The molecule has 0 saturated carbocycles. The number of benzene rings is 1. The van der Waals surface area contributed by atoms with Crippen LogP contribution < -0.4 is 10.2 Å². The first-order chi connectivity index (χ1) is 8.22. The predicted octanol–water partition coefficient (Wildman–Crippen LogP) is 1.89. The molecule has 1 saturated heterocycles. The molecular weight excluding hydrogens is 236 g/mol.